The van der Waals surface area contributed by atoms with Crippen molar-refractivity contribution in [1.82, 2.24) is 5.32 Å². The normalized spacial score (nSPS) is 16.6. The molecule has 0 saturated heterocycles. The zero-order valence-corrected chi connectivity index (χ0v) is 11.8. The van der Waals surface area contributed by atoms with Gasteiger partial charge < -0.3 is 15.1 Å². The maximum Gasteiger partial charge on any atom is 0.0607 e. The molecule has 0 spiro atoms. The first kappa shape index (κ1) is 13.2. The van der Waals surface area contributed by atoms with Gasteiger partial charge in [-0.3, -0.25) is 0 Å². The van der Waals surface area contributed by atoms with Gasteiger partial charge in [-0.05, 0) is 38.6 Å². The molecule has 1 aliphatic rings. The van der Waals surface area contributed by atoms with Crippen molar-refractivity contribution in [2.24, 2.45) is 0 Å². The Morgan fingerprint density at radius 1 is 1.22 bits per heavy atom. The number of para-hydroxylation sites is 2. The van der Waals surface area contributed by atoms with E-state index in [1.807, 2.05) is 0 Å². The van der Waals surface area contributed by atoms with Gasteiger partial charge in [-0.15, -0.1) is 0 Å². The maximum absolute atomic E-state index is 3.41. The van der Waals surface area contributed by atoms with Crippen LogP contribution in [-0.2, 0) is 0 Å². The van der Waals surface area contributed by atoms with Crippen LogP contribution in [0.2, 0.25) is 0 Å². The highest BCUT2D eigenvalue weighted by Gasteiger charge is 2.23. The van der Waals surface area contributed by atoms with Crippen molar-refractivity contribution < 1.29 is 0 Å². The zero-order valence-electron chi connectivity index (χ0n) is 11.8. The number of fused-ring (bicyclic) bond motifs is 1. The van der Waals surface area contributed by atoms with E-state index in [2.05, 4.69) is 60.3 Å². The van der Waals surface area contributed by atoms with Crippen LogP contribution in [0.4, 0.5) is 11.4 Å². The van der Waals surface area contributed by atoms with Gasteiger partial charge in [0.2, 0.25) is 0 Å². The summed E-state index contributed by atoms with van der Waals surface area (Å²) < 4.78 is 0. The first-order chi connectivity index (χ1) is 8.74. The van der Waals surface area contributed by atoms with Gasteiger partial charge in [-0.1, -0.05) is 19.1 Å². The van der Waals surface area contributed by atoms with Crippen LogP contribution in [0.3, 0.4) is 0 Å². The van der Waals surface area contributed by atoms with Crippen molar-refractivity contribution >= 4 is 11.4 Å². The first-order valence-electron chi connectivity index (χ1n) is 7.01. The lowest BCUT2D eigenvalue weighted by atomic mass is 10.1. The minimum absolute atomic E-state index is 0.596. The van der Waals surface area contributed by atoms with Crippen LogP contribution >= 0.6 is 0 Å². The van der Waals surface area contributed by atoms with Crippen molar-refractivity contribution in [3.8, 4) is 0 Å². The summed E-state index contributed by atoms with van der Waals surface area (Å²) in [6, 6.07) is 9.33. The number of nitrogens with zero attached hydrogens (tertiary/aromatic N) is 2. The predicted molar refractivity (Wildman–Crippen MR) is 79.7 cm³/mol. The highest BCUT2D eigenvalue weighted by molar-refractivity contribution is 5.73. The van der Waals surface area contributed by atoms with Gasteiger partial charge >= 0.3 is 0 Å². The molecule has 0 amide bonds. The molecule has 1 aromatic rings. The summed E-state index contributed by atoms with van der Waals surface area (Å²) in [6.45, 7) is 8.90. The van der Waals surface area contributed by atoms with Crippen molar-refractivity contribution in [3.63, 3.8) is 0 Å². The Morgan fingerprint density at radius 2 is 1.94 bits per heavy atom. The van der Waals surface area contributed by atoms with E-state index in [1.165, 1.54) is 17.8 Å². The molecule has 0 saturated carbocycles. The van der Waals surface area contributed by atoms with E-state index >= 15 is 0 Å². The SMILES string of the molecule is CCNCCC(C)N1CCN(C)c2ccccc21. The van der Waals surface area contributed by atoms with Gasteiger partial charge in [0.05, 0.1) is 11.4 Å². The summed E-state index contributed by atoms with van der Waals surface area (Å²) in [6.07, 6.45) is 1.20. The summed E-state index contributed by atoms with van der Waals surface area (Å²) in [5.74, 6) is 0. The van der Waals surface area contributed by atoms with Gasteiger partial charge in [0, 0.05) is 26.2 Å². The van der Waals surface area contributed by atoms with E-state index in [0.717, 1.165) is 26.2 Å². The average molecular weight is 247 g/mol. The van der Waals surface area contributed by atoms with E-state index in [0.29, 0.717) is 6.04 Å². The number of benzene rings is 1. The van der Waals surface area contributed by atoms with E-state index in [-0.39, 0.29) is 0 Å². The van der Waals surface area contributed by atoms with Gasteiger partial charge in [-0.25, -0.2) is 0 Å². The summed E-state index contributed by atoms with van der Waals surface area (Å²) in [4.78, 5) is 4.90. The van der Waals surface area contributed by atoms with Crippen LogP contribution in [0.5, 0.6) is 0 Å². The van der Waals surface area contributed by atoms with Crippen LogP contribution in [0.1, 0.15) is 20.3 Å². The van der Waals surface area contributed by atoms with E-state index in [1.54, 1.807) is 0 Å². The van der Waals surface area contributed by atoms with Crippen LogP contribution in [0.15, 0.2) is 24.3 Å². The predicted octanol–water partition coefficient (Wildman–Crippen LogP) is 2.33. The fourth-order valence-electron chi connectivity index (χ4n) is 2.63. The third-order valence-electron chi connectivity index (χ3n) is 3.80. The van der Waals surface area contributed by atoms with Crippen molar-refractivity contribution in [2.75, 3.05) is 43.0 Å². The van der Waals surface area contributed by atoms with Gasteiger partial charge in [0.25, 0.3) is 0 Å². The summed E-state index contributed by atoms with van der Waals surface area (Å²) in [7, 11) is 2.18. The van der Waals surface area contributed by atoms with Crippen LogP contribution < -0.4 is 15.1 Å². The molecule has 1 aromatic carbocycles. The summed E-state index contributed by atoms with van der Waals surface area (Å²) >= 11 is 0. The summed E-state index contributed by atoms with van der Waals surface area (Å²) in [5.41, 5.74) is 2.74. The Balaban J connectivity index is 2.08. The topological polar surface area (TPSA) is 18.5 Å². The number of hydrogen-bond donors (Lipinski definition) is 1. The number of likely N-dealkylation sites (N-methyl/N-ethyl adjacent to an activating group) is 1. The highest BCUT2D eigenvalue weighted by atomic mass is 15.3. The molecule has 0 fully saturated rings. The van der Waals surface area contributed by atoms with E-state index in [9.17, 15) is 0 Å². The largest absolute Gasteiger partial charge is 0.371 e. The lowest BCUT2D eigenvalue weighted by Gasteiger charge is -2.40. The Labute approximate surface area is 111 Å². The lowest BCUT2D eigenvalue weighted by molar-refractivity contribution is 0.548. The molecule has 1 heterocycles. The number of rotatable bonds is 5. The van der Waals surface area contributed by atoms with E-state index < -0.39 is 0 Å². The monoisotopic (exact) mass is 247 g/mol. The Morgan fingerprint density at radius 3 is 2.67 bits per heavy atom. The van der Waals surface area contributed by atoms with Crippen LogP contribution in [-0.4, -0.2) is 39.3 Å². The molecule has 0 radical (unpaired) electrons. The third kappa shape index (κ3) is 2.78. The van der Waals surface area contributed by atoms with Gasteiger partial charge in [0.15, 0.2) is 0 Å². The first-order valence-corrected chi connectivity index (χ1v) is 7.01. The number of anilines is 2. The molecular formula is C15H25N3. The van der Waals surface area contributed by atoms with Crippen molar-refractivity contribution in [2.45, 2.75) is 26.3 Å². The standard InChI is InChI=1S/C15H25N3/c1-4-16-10-9-13(2)18-12-11-17(3)14-7-5-6-8-15(14)18/h5-8,13,16H,4,9-12H2,1-3H3. The molecule has 0 aliphatic carbocycles. The minimum atomic E-state index is 0.596. The Bertz CT molecular complexity index is 378. The molecule has 3 nitrogen and oxygen atoms in total. The quantitative estimate of drug-likeness (QED) is 0.806. The molecule has 3 heteroatoms. The molecular weight excluding hydrogens is 222 g/mol. The molecule has 1 atom stereocenters. The van der Waals surface area contributed by atoms with Crippen LogP contribution in [0, 0.1) is 0 Å². The average Bonchev–Trinajstić information content (AvgIpc) is 2.39. The second-order valence-electron chi connectivity index (χ2n) is 5.09. The molecule has 18 heavy (non-hydrogen) atoms. The number of nitrogens with one attached hydrogen (secondary N) is 1. The smallest absolute Gasteiger partial charge is 0.0607 e. The fraction of sp³-hybridized carbons (Fsp3) is 0.600. The molecule has 1 unspecified atom stereocenters. The second kappa shape index (κ2) is 6.10. The summed E-state index contributed by atoms with van der Waals surface area (Å²) in [5, 5.41) is 3.41. The number of hydrogen-bond acceptors (Lipinski definition) is 3. The minimum Gasteiger partial charge on any atom is -0.371 e. The second-order valence-corrected chi connectivity index (χ2v) is 5.09. The lowest BCUT2D eigenvalue weighted by Crippen LogP contribution is -2.44. The molecule has 0 bridgehead atoms. The Hall–Kier alpha value is -1.22. The highest BCUT2D eigenvalue weighted by Crippen LogP contribution is 2.33. The molecule has 2 rings (SSSR count). The zero-order chi connectivity index (χ0) is 13.0. The third-order valence-corrected chi connectivity index (χ3v) is 3.80. The maximum atomic E-state index is 3.41. The Kier molecular flexibility index (Phi) is 4.48. The molecule has 1 N–H and O–H groups in total. The van der Waals surface area contributed by atoms with Crippen LogP contribution in [0.25, 0.3) is 0 Å². The molecule has 0 aromatic heterocycles. The van der Waals surface area contributed by atoms with Crippen molar-refractivity contribution in [1.29, 1.82) is 0 Å². The fourth-order valence-corrected chi connectivity index (χ4v) is 2.63. The molecule has 1 aliphatic heterocycles. The van der Waals surface area contributed by atoms with Gasteiger partial charge in [0.1, 0.15) is 0 Å². The van der Waals surface area contributed by atoms with Gasteiger partial charge in [-0.2, -0.15) is 0 Å². The molecule has 100 valence electrons. The van der Waals surface area contributed by atoms with E-state index in [4.69, 9.17) is 0 Å². The van der Waals surface area contributed by atoms with Crippen molar-refractivity contribution in [3.05, 3.63) is 24.3 Å².